The molecule has 1 aliphatic heterocycles. The molecule has 1 aliphatic rings. The first-order valence-corrected chi connectivity index (χ1v) is 7.09. The van der Waals surface area contributed by atoms with E-state index >= 15 is 0 Å². The summed E-state index contributed by atoms with van der Waals surface area (Å²) in [6, 6.07) is 0. The molecule has 1 amide bonds. The quantitative estimate of drug-likeness (QED) is 0.349. The summed E-state index contributed by atoms with van der Waals surface area (Å²) in [6.45, 7) is 3.15. The molecule has 0 aliphatic carbocycles. The van der Waals surface area contributed by atoms with Crippen molar-refractivity contribution in [2.24, 2.45) is 0 Å². The highest BCUT2D eigenvalue weighted by Crippen LogP contribution is 2.27. The van der Waals surface area contributed by atoms with Gasteiger partial charge in [-0.3, -0.25) is 4.79 Å². The second-order valence-corrected chi connectivity index (χ2v) is 5.15. The Balaban J connectivity index is 2.01. The summed E-state index contributed by atoms with van der Waals surface area (Å²) in [4.78, 5) is 11.0. The van der Waals surface area contributed by atoms with Crippen LogP contribution in [0.15, 0.2) is 18.9 Å². The molecule has 23 heavy (non-hydrogen) atoms. The smallest absolute Gasteiger partial charge is 0.243 e. The van der Waals surface area contributed by atoms with E-state index in [2.05, 4.69) is 22.2 Å². The van der Waals surface area contributed by atoms with E-state index in [0.717, 1.165) is 6.08 Å². The van der Waals surface area contributed by atoms with E-state index in [0.29, 0.717) is 18.7 Å². The summed E-state index contributed by atoms with van der Waals surface area (Å²) in [6.07, 6.45) is -3.39. The highest BCUT2D eigenvalue weighted by Gasteiger charge is 2.44. The topological polar surface area (TPSA) is 150 Å². The Morgan fingerprint density at radius 1 is 1.39 bits per heavy atom. The molecule has 10 heteroatoms. The lowest BCUT2D eigenvalue weighted by Gasteiger charge is -2.39. The minimum absolute atomic E-state index is 0.300. The van der Waals surface area contributed by atoms with Gasteiger partial charge in [-0.15, -0.1) is 5.10 Å². The Labute approximate surface area is 132 Å². The fourth-order valence-electron chi connectivity index (χ4n) is 2.24. The maximum absolute atomic E-state index is 11.0. The molecule has 2 heterocycles. The Morgan fingerprint density at radius 2 is 2.13 bits per heavy atom. The number of aromatic nitrogens is 3. The number of ether oxygens (including phenoxy) is 1. The van der Waals surface area contributed by atoms with Gasteiger partial charge in [-0.25, -0.2) is 4.68 Å². The molecule has 10 nitrogen and oxygen atoms in total. The number of carbonyl (C=O) groups is 1. The fourth-order valence-corrected chi connectivity index (χ4v) is 2.24. The van der Waals surface area contributed by atoms with Crippen LogP contribution in [0.1, 0.15) is 11.9 Å². The van der Waals surface area contributed by atoms with Crippen molar-refractivity contribution in [1.82, 2.24) is 20.3 Å². The van der Waals surface area contributed by atoms with Crippen LogP contribution in [-0.4, -0.2) is 78.9 Å². The number of nitrogens with one attached hydrogen (secondary N) is 1. The van der Waals surface area contributed by atoms with Crippen molar-refractivity contribution in [2.75, 3.05) is 13.2 Å². The number of aliphatic hydroxyl groups is 4. The third kappa shape index (κ3) is 3.92. The van der Waals surface area contributed by atoms with Crippen LogP contribution < -0.4 is 5.32 Å². The zero-order chi connectivity index (χ0) is 17.0. The Hall–Kier alpha value is -1.85. The Kier molecular flexibility index (Phi) is 5.80. The molecule has 2 rings (SSSR count). The van der Waals surface area contributed by atoms with E-state index in [9.17, 15) is 20.1 Å². The number of rotatable bonds is 6. The molecule has 1 aromatic heterocycles. The molecular weight excluding hydrogens is 308 g/mol. The minimum atomic E-state index is -1.48. The van der Waals surface area contributed by atoms with Gasteiger partial charge in [-0.1, -0.05) is 11.8 Å². The first kappa shape index (κ1) is 17.5. The monoisotopic (exact) mass is 328 g/mol. The van der Waals surface area contributed by atoms with Crippen molar-refractivity contribution < 1.29 is 30.0 Å². The lowest BCUT2D eigenvalue weighted by atomic mass is 9.98. The van der Waals surface area contributed by atoms with Gasteiger partial charge in [0.2, 0.25) is 5.91 Å². The van der Waals surface area contributed by atoms with E-state index in [1.807, 2.05) is 0 Å². The van der Waals surface area contributed by atoms with Crippen LogP contribution in [0.25, 0.3) is 0 Å². The first-order valence-electron chi connectivity index (χ1n) is 7.09. The van der Waals surface area contributed by atoms with Crippen LogP contribution in [0.4, 0.5) is 0 Å². The molecule has 0 saturated carbocycles. The molecule has 0 spiro atoms. The predicted octanol–water partition coefficient (Wildman–Crippen LogP) is -2.90. The highest BCUT2D eigenvalue weighted by molar-refractivity contribution is 5.86. The summed E-state index contributed by atoms with van der Waals surface area (Å²) >= 11 is 0. The van der Waals surface area contributed by atoms with Gasteiger partial charge in [0.25, 0.3) is 0 Å². The van der Waals surface area contributed by atoms with E-state index < -0.39 is 37.3 Å². The van der Waals surface area contributed by atoms with Crippen molar-refractivity contribution in [3.05, 3.63) is 24.5 Å². The third-order valence-electron chi connectivity index (χ3n) is 3.55. The van der Waals surface area contributed by atoms with E-state index in [1.54, 1.807) is 0 Å². The molecule has 1 aromatic rings. The molecule has 1 saturated heterocycles. The minimum Gasteiger partial charge on any atom is -0.394 e. The number of nitrogens with zero attached hydrogens (tertiary/aromatic N) is 3. The molecule has 5 atom stereocenters. The molecular formula is C13H20N4O6. The van der Waals surface area contributed by atoms with Crippen molar-refractivity contribution in [3.63, 3.8) is 0 Å². The lowest BCUT2D eigenvalue weighted by molar-refractivity contribution is -0.254. The summed E-state index contributed by atoms with van der Waals surface area (Å²) in [5.41, 5.74) is 0.534. The van der Waals surface area contributed by atoms with Gasteiger partial charge in [-0.2, -0.15) is 0 Å². The third-order valence-corrected chi connectivity index (χ3v) is 3.55. The van der Waals surface area contributed by atoms with Crippen LogP contribution in [-0.2, 0) is 16.0 Å². The number of carbonyl (C=O) groups excluding carboxylic acids is 1. The van der Waals surface area contributed by atoms with Crippen molar-refractivity contribution >= 4 is 5.91 Å². The van der Waals surface area contributed by atoms with Crippen LogP contribution in [0, 0.1) is 0 Å². The molecule has 0 unspecified atom stereocenters. The molecule has 0 bridgehead atoms. The normalized spacial score (nSPS) is 30.9. The van der Waals surface area contributed by atoms with Crippen molar-refractivity contribution in [3.8, 4) is 0 Å². The van der Waals surface area contributed by atoms with Crippen LogP contribution in [0.5, 0.6) is 0 Å². The maximum atomic E-state index is 11.0. The predicted molar refractivity (Wildman–Crippen MR) is 75.9 cm³/mol. The van der Waals surface area contributed by atoms with Gasteiger partial charge in [0, 0.05) is 13.0 Å². The average Bonchev–Trinajstić information content (AvgIpc) is 3.01. The van der Waals surface area contributed by atoms with Gasteiger partial charge in [0.05, 0.1) is 18.5 Å². The molecule has 0 radical (unpaired) electrons. The molecule has 0 aromatic carbocycles. The molecule has 5 N–H and O–H groups in total. The average molecular weight is 328 g/mol. The maximum Gasteiger partial charge on any atom is 0.243 e. The van der Waals surface area contributed by atoms with Gasteiger partial charge < -0.3 is 30.5 Å². The highest BCUT2D eigenvalue weighted by atomic mass is 16.6. The SMILES string of the molecule is C=CC(=O)NCCc1cn([C@H]2O[C@H](CO)[C@@H](O)[C@H](O)[C@@H]2O)nn1. The standard InChI is InChI=1S/C13H20N4O6/c1-2-9(19)14-4-3-7-5-17(16-15-7)13-12(22)11(21)10(20)8(6-18)23-13/h2,5,8,10-13,18,20-22H,1,3-4,6H2,(H,14,19)/t8-,10-,11+,12+,13+/m1/s1. The number of hydrogen-bond acceptors (Lipinski definition) is 8. The summed E-state index contributed by atoms with van der Waals surface area (Å²) < 4.78 is 6.56. The number of hydrogen-bond donors (Lipinski definition) is 5. The van der Waals surface area contributed by atoms with Crippen molar-refractivity contribution in [1.29, 1.82) is 0 Å². The summed E-state index contributed by atoms with van der Waals surface area (Å²) in [5, 5.41) is 48.9. The number of amides is 1. The zero-order valence-corrected chi connectivity index (χ0v) is 12.3. The van der Waals surface area contributed by atoms with E-state index in [-0.39, 0.29) is 5.91 Å². The second kappa shape index (κ2) is 7.62. The first-order chi connectivity index (χ1) is 11.0. The number of aliphatic hydroxyl groups excluding tert-OH is 4. The van der Waals surface area contributed by atoms with Crippen molar-refractivity contribution in [2.45, 2.75) is 37.1 Å². The van der Waals surface area contributed by atoms with Crippen LogP contribution in [0.2, 0.25) is 0 Å². The lowest BCUT2D eigenvalue weighted by Crippen LogP contribution is -2.56. The van der Waals surface area contributed by atoms with Crippen LogP contribution >= 0.6 is 0 Å². The Morgan fingerprint density at radius 3 is 2.78 bits per heavy atom. The van der Waals surface area contributed by atoms with Crippen LogP contribution in [0.3, 0.4) is 0 Å². The fraction of sp³-hybridized carbons (Fsp3) is 0.615. The zero-order valence-electron chi connectivity index (χ0n) is 12.3. The van der Waals surface area contributed by atoms with E-state index in [1.165, 1.54) is 10.9 Å². The van der Waals surface area contributed by atoms with Gasteiger partial charge in [-0.05, 0) is 6.08 Å². The Bertz CT molecular complexity index is 548. The summed E-state index contributed by atoms with van der Waals surface area (Å²) in [7, 11) is 0. The largest absolute Gasteiger partial charge is 0.394 e. The van der Waals surface area contributed by atoms with Gasteiger partial charge in [0.1, 0.15) is 24.4 Å². The summed E-state index contributed by atoms with van der Waals surface area (Å²) in [5.74, 6) is -0.300. The molecule has 128 valence electrons. The van der Waals surface area contributed by atoms with Gasteiger partial charge in [0.15, 0.2) is 6.23 Å². The van der Waals surface area contributed by atoms with E-state index in [4.69, 9.17) is 9.84 Å². The molecule has 1 fully saturated rings. The second-order valence-electron chi connectivity index (χ2n) is 5.15. The van der Waals surface area contributed by atoms with Gasteiger partial charge >= 0.3 is 0 Å².